The molecule has 0 bridgehead atoms. The van der Waals surface area contributed by atoms with E-state index in [1.165, 1.54) is 6.42 Å². The summed E-state index contributed by atoms with van der Waals surface area (Å²) in [6.45, 7) is 4.49. The summed E-state index contributed by atoms with van der Waals surface area (Å²) in [4.78, 5) is 11.6. The molecule has 0 saturated heterocycles. The van der Waals surface area contributed by atoms with Crippen molar-refractivity contribution in [1.29, 1.82) is 0 Å². The first kappa shape index (κ1) is 12.5. The third-order valence-electron chi connectivity index (χ3n) is 3.33. The van der Waals surface area contributed by atoms with Crippen molar-refractivity contribution in [1.82, 2.24) is 0 Å². The number of rotatable bonds is 4. The summed E-state index contributed by atoms with van der Waals surface area (Å²) in [7, 11) is 0. The molecule has 1 fully saturated rings. The van der Waals surface area contributed by atoms with E-state index in [0.29, 0.717) is 11.8 Å². The SMILES string of the molecule is CC(C)C1CCCC(C(=O)OCCO)C1. The fourth-order valence-electron chi connectivity index (χ4n) is 2.31. The third-order valence-corrected chi connectivity index (χ3v) is 3.33. The maximum atomic E-state index is 11.6. The minimum absolute atomic E-state index is 0.0673. The monoisotopic (exact) mass is 214 g/mol. The van der Waals surface area contributed by atoms with Crippen molar-refractivity contribution in [3.05, 3.63) is 0 Å². The van der Waals surface area contributed by atoms with Gasteiger partial charge in [0, 0.05) is 0 Å². The van der Waals surface area contributed by atoms with Crippen molar-refractivity contribution in [2.45, 2.75) is 39.5 Å². The van der Waals surface area contributed by atoms with Crippen molar-refractivity contribution >= 4 is 5.97 Å². The van der Waals surface area contributed by atoms with Gasteiger partial charge in [-0.1, -0.05) is 26.7 Å². The number of ether oxygens (including phenoxy) is 1. The van der Waals surface area contributed by atoms with Gasteiger partial charge in [-0.25, -0.2) is 0 Å². The lowest BCUT2D eigenvalue weighted by Gasteiger charge is -2.30. The molecule has 0 aromatic heterocycles. The first-order valence-electron chi connectivity index (χ1n) is 5.92. The predicted octanol–water partition coefficient (Wildman–Crippen LogP) is 1.98. The topological polar surface area (TPSA) is 46.5 Å². The quantitative estimate of drug-likeness (QED) is 0.728. The van der Waals surface area contributed by atoms with Crippen LogP contribution in [0.1, 0.15) is 39.5 Å². The highest BCUT2D eigenvalue weighted by Crippen LogP contribution is 2.34. The zero-order valence-electron chi connectivity index (χ0n) is 9.74. The molecule has 0 aromatic carbocycles. The van der Waals surface area contributed by atoms with Gasteiger partial charge in [0.15, 0.2) is 0 Å². The minimum Gasteiger partial charge on any atom is -0.463 e. The first-order chi connectivity index (χ1) is 7.15. The van der Waals surface area contributed by atoms with E-state index >= 15 is 0 Å². The molecule has 0 aromatic rings. The van der Waals surface area contributed by atoms with Crippen LogP contribution in [0, 0.1) is 17.8 Å². The Morgan fingerprint density at radius 3 is 2.80 bits per heavy atom. The maximum absolute atomic E-state index is 11.6. The molecule has 0 aliphatic heterocycles. The van der Waals surface area contributed by atoms with E-state index in [-0.39, 0.29) is 25.1 Å². The van der Waals surface area contributed by atoms with Gasteiger partial charge in [-0.2, -0.15) is 0 Å². The Morgan fingerprint density at radius 1 is 1.47 bits per heavy atom. The average molecular weight is 214 g/mol. The second kappa shape index (κ2) is 6.11. The van der Waals surface area contributed by atoms with E-state index in [0.717, 1.165) is 19.3 Å². The molecule has 0 spiro atoms. The Morgan fingerprint density at radius 2 is 2.20 bits per heavy atom. The average Bonchev–Trinajstić information content (AvgIpc) is 2.26. The number of aliphatic hydroxyl groups excluding tert-OH is 1. The maximum Gasteiger partial charge on any atom is 0.309 e. The van der Waals surface area contributed by atoms with Crippen molar-refractivity contribution in [2.75, 3.05) is 13.2 Å². The van der Waals surface area contributed by atoms with Gasteiger partial charge in [0.05, 0.1) is 12.5 Å². The van der Waals surface area contributed by atoms with Crippen LogP contribution in [0.25, 0.3) is 0 Å². The van der Waals surface area contributed by atoms with Crippen LogP contribution in [-0.2, 0) is 9.53 Å². The molecule has 1 saturated carbocycles. The number of carbonyl (C=O) groups excluding carboxylic acids is 1. The van der Waals surface area contributed by atoms with Gasteiger partial charge in [-0.15, -0.1) is 0 Å². The first-order valence-corrected chi connectivity index (χ1v) is 5.92. The van der Waals surface area contributed by atoms with Crippen LogP contribution in [0.4, 0.5) is 0 Å². The highest BCUT2D eigenvalue weighted by atomic mass is 16.5. The second-order valence-corrected chi connectivity index (χ2v) is 4.76. The molecule has 1 rings (SSSR count). The summed E-state index contributed by atoms with van der Waals surface area (Å²) < 4.78 is 4.97. The second-order valence-electron chi connectivity index (χ2n) is 4.76. The minimum atomic E-state index is -0.116. The summed E-state index contributed by atoms with van der Waals surface area (Å²) in [5.41, 5.74) is 0. The van der Waals surface area contributed by atoms with Crippen LogP contribution in [0.15, 0.2) is 0 Å². The van der Waals surface area contributed by atoms with Crippen molar-refractivity contribution in [2.24, 2.45) is 17.8 Å². The summed E-state index contributed by atoms with van der Waals surface area (Å²) in [5, 5.41) is 8.58. The molecule has 2 atom stereocenters. The molecule has 15 heavy (non-hydrogen) atoms. The van der Waals surface area contributed by atoms with Crippen LogP contribution in [0.2, 0.25) is 0 Å². The molecule has 1 N–H and O–H groups in total. The fraction of sp³-hybridized carbons (Fsp3) is 0.917. The van der Waals surface area contributed by atoms with Crippen LogP contribution >= 0.6 is 0 Å². The number of esters is 1. The van der Waals surface area contributed by atoms with Gasteiger partial charge >= 0.3 is 5.97 Å². The summed E-state index contributed by atoms with van der Waals surface area (Å²) in [5.74, 6) is 1.26. The summed E-state index contributed by atoms with van der Waals surface area (Å²) in [6, 6.07) is 0. The van der Waals surface area contributed by atoms with Gasteiger partial charge < -0.3 is 9.84 Å². The molecule has 0 amide bonds. The predicted molar refractivity (Wildman–Crippen MR) is 58.3 cm³/mol. The standard InChI is InChI=1S/C12H22O3/c1-9(2)10-4-3-5-11(8-10)12(14)15-7-6-13/h9-11,13H,3-8H2,1-2H3. The smallest absolute Gasteiger partial charge is 0.309 e. The summed E-state index contributed by atoms with van der Waals surface area (Å²) in [6.07, 6.45) is 4.28. The fourth-order valence-corrected chi connectivity index (χ4v) is 2.31. The molecule has 0 heterocycles. The Labute approximate surface area is 91.8 Å². The zero-order chi connectivity index (χ0) is 11.3. The van der Waals surface area contributed by atoms with E-state index in [9.17, 15) is 4.79 Å². The molecule has 1 aliphatic rings. The van der Waals surface area contributed by atoms with Crippen LogP contribution < -0.4 is 0 Å². The zero-order valence-corrected chi connectivity index (χ0v) is 9.74. The molecule has 3 heteroatoms. The van der Waals surface area contributed by atoms with Crippen molar-refractivity contribution in [3.63, 3.8) is 0 Å². The van der Waals surface area contributed by atoms with E-state index < -0.39 is 0 Å². The van der Waals surface area contributed by atoms with Gasteiger partial charge in [-0.05, 0) is 24.7 Å². The Balaban J connectivity index is 2.38. The molecular formula is C12H22O3. The van der Waals surface area contributed by atoms with Crippen molar-refractivity contribution < 1.29 is 14.6 Å². The molecular weight excluding hydrogens is 192 g/mol. The largest absolute Gasteiger partial charge is 0.463 e. The normalized spacial score (nSPS) is 26.7. The third kappa shape index (κ3) is 3.82. The van der Waals surface area contributed by atoms with E-state index in [2.05, 4.69) is 13.8 Å². The number of hydrogen-bond donors (Lipinski definition) is 1. The van der Waals surface area contributed by atoms with E-state index in [1.54, 1.807) is 0 Å². The lowest BCUT2D eigenvalue weighted by atomic mass is 9.76. The van der Waals surface area contributed by atoms with Crippen molar-refractivity contribution in [3.8, 4) is 0 Å². The Bertz CT molecular complexity index is 201. The molecule has 2 unspecified atom stereocenters. The highest BCUT2D eigenvalue weighted by molar-refractivity contribution is 5.72. The summed E-state index contributed by atoms with van der Waals surface area (Å²) >= 11 is 0. The Kier molecular flexibility index (Phi) is 5.09. The molecule has 88 valence electrons. The van der Waals surface area contributed by atoms with Gasteiger partial charge in [0.2, 0.25) is 0 Å². The van der Waals surface area contributed by atoms with Crippen LogP contribution in [0.5, 0.6) is 0 Å². The molecule has 3 nitrogen and oxygen atoms in total. The van der Waals surface area contributed by atoms with Crippen LogP contribution in [0.3, 0.4) is 0 Å². The number of carbonyl (C=O) groups is 1. The lowest BCUT2D eigenvalue weighted by Crippen LogP contribution is -2.27. The number of aliphatic hydroxyl groups is 1. The van der Waals surface area contributed by atoms with E-state index in [4.69, 9.17) is 9.84 Å². The molecule has 0 radical (unpaired) electrons. The van der Waals surface area contributed by atoms with Crippen LogP contribution in [-0.4, -0.2) is 24.3 Å². The van der Waals surface area contributed by atoms with Gasteiger partial charge in [-0.3, -0.25) is 4.79 Å². The van der Waals surface area contributed by atoms with E-state index in [1.807, 2.05) is 0 Å². The molecule has 1 aliphatic carbocycles. The lowest BCUT2D eigenvalue weighted by molar-refractivity contribution is -0.151. The van der Waals surface area contributed by atoms with Gasteiger partial charge in [0.25, 0.3) is 0 Å². The number of hydrogen-bond acceptors (Lipinski definition) is 3. The highest BCUT2D eigenvalue weighted by Gasteiger charge is 2.29. The van der Waals surface area contributed by atoms with Gasteiger partial charge in [0.1, 0.15) is 6.61 Å². The Hall–Kier alpha value is -0.570.